The second-order valence-corrected chi connectivity index (χ2v) is 7.51. The lowest BCUT2D eigenvalue weighted by Gasteiger charge is -2.16. The highest BCUT2D eigenvalue weighted by atomic mass is 32.2. The summed E-state index contributed by atoms with van der Waals surface area (Å²) in [5.74, 6) is -0.870. The summed E-state index contributed by atoms with van der Waals surface area (Å²) in [6, 6.07) is 3.12. The smallest absolute Gasteiger partial charge is 0.267 e. The molecule has 0 saturated heterocycles. The number of amides is 1. The molecular formula is C16H24N2O5S. The van der Waals surface area contributed by atoms with Crippen LogP contribution in [0.4, 0.5) is 0 Å². The van der Waals surface area contributed by atoms with Gasteiger partial charge in [-0.1, -0.05) is 13.8 Å². The summed E-state index contributed by atoms with van der Waals surface area (Å²) in [5, 5.41) is 0. The van der Waals surface area contributed by atoms with Gasteiger partial charge in [-0.3, -0.25) is 9.59 Å². The minimum Gasteiger partial charge on any atom is -0.492 e. The monoisotopic (exact) mass is 356 g/mol. The number of rotatable bonds is 8. The van der Waals surface area contributed by atoms with Gasteiger partial charge in [0.15, 0.2) is 5.78 Å². The molecule has 134 valence electrons. The van der Waals surface area contributed by atoms with Crippen LogP contribution in [0.2, 0.25) is 0 Å². The Morgan fingerprint density at radius 1 is 1.29 bits per heavy atom. The molecule has 8 heteroatoms. The molecular weight excluding hydrogens is 332 g/mol. The van der Waals surface area contributed by atoms with Crippen molar-refractivity contribution in [2.75, 3.05) is 6.61 Å². The van der Waals surface area contributed by atoms with Crippen molar-refractivity contribution in [1.82, 2.24) is 4.72 Å². The average Bonchev–Trinajstić information content (AvgIpc) is 2.46. The van der Waals surface area contributed by atoms with Crippen molar-refractivity contribution < 1.29 is 22.7 Å². The van der Waals surface area contributed by atoms with Crippen LogP contribution in [0, 0.1) is 5.92 Å². The van der Waals surface area contributed by atoms with E-state index in [2.05, 4.69) is 0 Å². The number of carbonyl (C=O) groups excluding carboxylic acids is 2. The summed E-state index contributed by atoms with van der Waals surface area (Å²) in [5.41, 5.74) is 5.92. The summed E-state index contributed by atoms with van der Waals surface area (Å²) in [6.45, 7) is 7.02. The van der Waals surface area contributed by atoms with Crippen molar-refractivity contribution in [1.29, 1.82) is 0 Å². The van der Waals surface area contributed by atoms with Crippen molar-refractivity contribution in [2.24, 2.45) is 11.7 Å². The third-order valence-electron chi connectivity index (χ3n) is 3.24. The van der Waals surface area contributed by atoms with Crippen LogP contribution in [0.25, 0.3) is 0 Å². The Bertz CT molecular complexity index is 713. The molecule has 7 nitrogen and oxygen atoms in total. The molecule has 1 aromatic carbocycles. The van der Waals surface area contributed by atoms with E-state index in [9.17, 15) is 18.0 Å². The number of Topliss-reactive ketones (excluding diaryl/α,β-unsaturated/α-hetero) is 1. The SMILES string of the molecule is CCOc1ccc(C(C)=O)cc1S(=O)(=O)NC(=O)C(N)CC(C)C. The molecule has 0 aromatic heterocycles. The molecule has 0 radical (unpaired) electrons. The summed E-state index contributed by atoms with van der Waals surface area (Å²) < 4.78 is 32.3. The van der Waals surface area contributed by atoms with Crippen molar-refractivity contribution in [3.63, 3.8) is 0 Å². The fourth-order valence-corrected chi connectivity index (χ4v) is 3.29. The molecule has 1 amide bonds. The quantitative estimate of drug-likeness (QED) is 0.681. The standard InChI is InChI=1S/C16H24N2O5S/c1-5-23-14-7-6-12(11(4)19)9-15(14)24(21,22)18-16(20)13(17)8-10(2)3/h6-7,9-10,13H,5,8,17H2,1-4H3,(H,18,20). The Morgan fingerprint density at radius 2 is 1.92 bits per heavy atom. The molecule has 1 unspecified atom stereocenters. The highest BCUT2D eigenvalue weighted by Crippen LogP contribution is 2.25. The topological polar surface area (TPSA) is 116 Å². The molecule has 1 aromatic rings. The lowest BCUT2D eigenvalue weighted by Crippen LogP contribution is -2.44. The second-order valence-electron chi connectivity index (χ2n) is 5.86. The minimum atomic E-state index is -4.21. The molecule has 0 aliphatic rings. The fraction of sp³-hybridized carbons (Fsp3) is 0.500. The van der Waals surface area contributed by atoms with E-state index >= 15 is 0 Å². The highest BCUT2D eigenvalue weighted by Gasteiger charge is 2.26. The maximum absolute atomic E-state index is 12.5. The fourth-order valence-electron chi connectivity index (χ4n) is 2.09. The first-order valence-corrected chi connectivity index (χ1v) is 9.16. The summed E-state index contributed by atoms with van der Waals surface area (Å²) >= 11 is 0. The van der Waals surface area contributed by atoms with Gasteiger partial charge in [0.25, 0.3) is 15.9 Å². The van der Waals surface area contributed by atoms with Gasteiger partial charge in [0.1, 0.15) is 10.6 Å². The first-order chi connectivity index (χ1) is 11.1. The maximum atomic E-state index is 12.5. The van der Waals surface area contributed by atoms with Gasteiger partial charge in [0.2, 0.25) is 0 Å². The van der Waals surface area contributed by atoms with Crippen LogP contribution < -0.4 is 15.2 Å². The maximum Gasteiger partial charge on any atom is 0.267 e. The molecule has 0 saturated carbocycles. The van der Waals surface area contributed by atoms with Crippen molar-refractivity contribution in [3.8, 4) is 5.75 Å². The number of carbonyl (C=O) groups is 2. The number of benzene rings is 1. The third-order valence-corrected chi connectivity index (χ3v) is 4.60. The molecule has 1 atom stereocenters. The first-order valence-electron chi connectivity index (χ1n) is 7.68. The Kier molecular flexibility index (Phi) is 6.92. The van der Waals surface area contributed by atoms with Gasteiger partial charge in [-0.25, -0.2) is 13.1 Å². The normalized spacial score (nSPS) is 12.8. The van der Waals surface area contributed by atoms with Crippen molar-refractivity contribution in [2.45, 2.75) is 45.1 Å². The lowest BCUT2D eigenvalue weighted by atomic mass is 10.0. The van der Waals surface area contributed by atoms with E-state index < -0.39 is 22.0 Å². The molecule has 0 aliphatic heterocycles. The molecule has 0 aliphatic carbocycles. The largest absolute Gasteiger partial charge is 0.492 e. The number of ketones is 1. The van der Waals surface area contributed by atoms with E-state index in [-0.39, 0.29) is 34.5 Å². The van der Waals surface area contributed by atoms with Crippen molar-refractivity contribution in [3.05, 3.63) is 23.8 Å². The molecule has 24 heavy (non-hydrogen) atoms. The van der Waals surface area contributed by atoms with Gasteiger partial charge in [-0.15, -0.1) is 0 Å². The van der Waals surface area contributed by atoms with Crippen molar-refractivity contribution >= 4 is 21.7 Å². The van der Waals surface area contributed by atoms with Gasteiger partial charge in [-0.05, 0) is 44.4 Å². The van der Waals surface area contributed by atoms with E-state index in [4.69, 9.17) is 10.5 Å². The van der Waals surface area contributed by atoms with Crippen LogP contribution in [0.3, 0.4) is 0 Å². The Balaban J connectivity index is 3.18. The van der Waals surface area contributed by atoms with Gasteiger partial charge >= 0.3 is 0 Å². The van der Waals surface area contributed by atoms with Gasteiger partial charge in [0, 0.05) is 5.56 Å². The average molecular weight is 356 g/mol. The number of sulfonamides is 1. The predicted molar refractivity (Wildman–Crippen MR) is 90.4 cm³/mol. The van der Waals surface area contributed by atoms with Crippen LogP contribution in [0.15, 0.2) is 23.1 Å². The molecule has 0 heterocycles. The molecule has 1 rings (SSSR count). The third kappa shape index (κ3) is 5.31. The van der Waals surface area contributed by atoms with Crippen LogP contribution in [0.1, 0.15) is 44.5 Å². The number of nitrogens with two attached hydrogens (primary N) is 1. The van der Waals surface area contributed by atoms with Crippen LogP contribution >= 0.6 is 0 Å². The second kappa shape index (κ2) is 8.25. The number of nitrogens with one attached hydrogen (secondary N) is 1. The molecule has 0 fully saturated rings. The minimum absolute atomic E-state index is 0.0697. The van der Waals surface area contributed by atoms with Gasteiger partial charge in [0.05, 0.1) is 12.6 Å². The summed E-state index contributed by atoms with van der Waals surface area (Å²) in [4.78, 5) is 23.3. The molecule has 3 N–H and O–H groups in total. The van der Waals surface area contributed by atoms with Crippen LogP contribution in [0.5, 0.6) is 5.75 Å². The van der Waals surface area contributed by atoms with E-state index in [1.165, 1.54) is 25.1 Å². The Labute approximate surface area is 142 Å². The Hall–Kier alpha value is -1.93. The van der Waals surface area contributed by atoms with E-state index in [1.54, 1.807) is 6.92 Å². The lowest BCUT2D eigenvalue weighted by molar-refractivity contribution is -0.120. The number of hydrogen-bond donors (Lipinski definition) is 2. The highest BCUT2D eigenvalue weighted by molar-refractivity contribution is 7.90. The van der Waals surface area contributed by atoms with Crippen LogP contribution in [-0.4, -0.2) is 32.8 Å². The summed E-state index contributed by atoms with van der Waals surface area (Å²) in [6.07, 6.45) is 0.354. The van der Waals surface area contributed by atoms with E-state index in [1.807, 2.05) is 18.6 Å². The number of ether oxygens (including phenoxy) is 1. The van der Waals surface area contributed by atoms with E-state index in [0.29, 0.717) is 6.42 Å². The van der Waals surface area contributed by atoms with Crippen LogP contribution in [-0.2, 0) is 14.8 Å². The number of hydrogen-bond acceptors (Lipinski definition) is 6. The molecule has 0 bridgehead atoms. The zero-order valence-corrected chi connectivity index (χ0v) is 15.1. The predicted octanol–water partition coefficient (Wildman–Crippen LogP) is 1.47. The van der Waals surface area contributed by atoms with Gasteiger partial charge in [-0.2, -0.15) is 0 Å². The Morgan fingerprint density at radius 3 is 2.42 bits per heavy atom. The van der Waals surface area contributed by atoms with Gasteiger partial charge < -0.3 is 10.5 Å². The molecule has 0 spiro atoms. The zero-order chi connectivity index (χ0) is 18.5. The first kappa shape index (κ1) is 20.1. The summed E-state index contributed by atoms with van der Waals surface area (Å²) in [7, 11) is -4.21. The zero-order valence-electron chi connectivity index (χ0n) is 14.3. The van der Waals surface area contributed by atoms with E-state index in [0.717, 1.165) is 0 Å².